The van der Waals surface area contributed by atoms with Crippen molar-refractivity contribution in [3.8, 4) is 0 Å². The summed E-state index contributed by atoms with van der Waals surface area (Å²) in [6.45, 7) is 10.3. The van der Waals surface area contributed by atoms with Gasteiger partial charge >= 0.3 is 0 Å². The summed E-state index contributed by atoms with van der Waals surface area (Å²) in [4.78, 5) is 26.0. The van der Waals surface area contributed by atoms with Gasteiger partial charge < -0.3 is 15.5 Å². The van der Waals surface area contributed by atoms with E-state index in [1.54, 1.807) is 0 Å². The van der Waals surface area contributed by atoms with E-state index >= 15 is 0 Å². The van der Waals surface area contributed by atoms with E-state index in [2.05, 4.69) is 24.5 Å². The van der Waals surface area contributed by atoms with E-state index in [9.17, 15) is 9.59 Å². The first-order valence-corrected chi connectivity index (χ1v) is 9.78. The van der Waals surface area contributed by atoms with Gasteiger partial charge in [0, 0.05) is 11.4 Å². The molecule has 0 aliphatic carbocycles. The van der Waals surface area contributed by atoms with Crippen molar-refractivity contribution in [1.29, 1.82) is 0 Å². The Morgan fingerprint density at radius 2 is 1.61 bits per heavy atom. The number of aryl methyl sites for hydroxylation is 2. The van der Waals surface area contributed by atoms with Crippen molar-refractivity contribution >= 4 is 23.2 Å². The topological polar surface area (TPSA) is 62.6 Å². The van der Waals surface area contributed by atoms with Crippen LogP contribution in [-0.4, -0.2) is 31.4 Å². The number of likely N-dealkylation sites (N-methyl/N-ethyl adjacent to an activating group) is 1. The molecule has 0 radical (unpaired) electrons. The van der Waals surface area contributed by atoms with Crippen LogP contribution < -0.4 is 15.5 Å². The third-order valence-corrected chi connectivity index (χ3v) is 5.08. The summed E-state index contributed by atoms with van der Waals surface area (Å²) in [5.74, 6) is 0.118. The highest BCUT2D eigenvalue weighted by Gasteiger charge is 2.25. The van der Waals surface area contributed by atoms with E-state index in [-0.39, 0.29) is 24.4 Å². The third-order valence-electron chi connectivity index (χ3n) is 5.08. The number of amides is 2. The number of carbonyl (C=O) groups excluding carboxylic acids is 2. The summed E-state index contributed by atoms with van der Waals surface area (Å²) < 4.78 is 0. The number of hydrogen-bond donors (Lipinski definition) is 3. The number of rotatable bonds is 7. The lowest BCUT2D eigenvalue weighted by atomic mass is 9.98. The second kappa shape index (κ2) is 9.51. The first-order valence-electron chi connectivity index (χ1n) is 9.78. The molecule has 0 saturated heterocycles. The molecule has 2 amide bonds. The van der Waals surface area contributed by atoms with Crippen LogP contribution in [0.1, 0.15) is 43.4 Å². The second-order valence-corrected chi connectivity index (χ2v) is 7.84. The fourth-order valence-corrected chi connectivity index (χ4v) is 3.05. The van der Waals surface area contributed by atoms with E-state index in [0.717, 1.165) is 33.0 Å². The van der Waals surface area contributed by atoms with Gasteiger partial charge in [-0.1, -0.05) is 49.7 Å². The van der Waals surface area contributed by atoms with Gasteiger partial charge in [-0.3, -0.25) is 9.59 Å². The molecule has 2 aromatic carbocycles. The van der Waals surface area contributed by atoms with Crippen LogP contribution >= 0.6 is 0 Å². The fourth-order valence-electron chi connectivity index (χ4n) is 3.05. The lowest BCUT2D eigenvalue weighted by Crippen LogP contribution is -3.14. The van der Waals surface area contributed by atoms with E-state index in [1.807, 2.05) is 70.3 Å². The summed E-state index contributed by atoms with van der Waals surface area (Å²) in [7, 11) is 1.86. The number of anilines is 2. The normalized spacial score (nSPS) is 13.1. The van der Waals surface area contributed by atoms with Crippen LogP contribution in [0.4, 0.5) is 11.4 Å². The molecule has 0 aliphatic heterocycles. The van der Waals surface area contributed by atoms with Gasteiger partial charge in [0.2, 0.25) is 0 Å². The zero-order chi connectivity index (χ0) is 20.8. The first-order chi connectivity index (χ1) is 13.2. The van der Waals surface area contributed by atoms with Crippen molar-refractivity contribution in [3.05, 3.63) is 59.2 Å². The molecule has 2 rings (SSSR count). The zero-order valence-electron chi connectivity index (χ0n) is 17.7. The van der Waals surface area contributed by atoms with Gasteiger partial charge in [0.25, 0.3) is 11.8 Å². The van der Waals surface area contributed by atoms with Crippen molar-refractivity contribution in [2.45, 2.75) is 46.6 Å². The molecule has 3 N–H and O–H groups in total. The lowest BCUT2D eigenvalue weighted by Gasteiger charge is -2.22. The number of benzene rings is 2. The molecular formula is C23H32N3O2+. The van der Waals surface area contributed by atoms with Crippen molar-refractivity contribution < 1.29 is 14.5 Å². The van der Waals surface area contributed by atoms with E-state index in [1.165, 1.54) is 0 Å². The second-order valence-electron chi connectivity index (χ2n) is 7.84. The maximum Gasteiger partial charge on any atom is 0.282 e. The van der Waals surface area contributed by atoms with Crippen LogP contribution in [0, 0.1) is 13.8 Å². The Morgan fingerprint density at radius 3 is 2.21 bits per heavy atom. The SMILES string of the molecule is Cc1ccc(NC(=O)C[NH+](C)[C@@H](C)C(=O)Nc2c(C)cccc2C(C)C)cc1. The van der Waals surface area contributed by atoms with Crippen LogP contribution in [0.2, 0.25) is 0 Å². The minimum Gasteiger partial charge on any atom is -0.321 e. The van der Waals surface area contributed by atoms with Crippen molar-refractivity contribution in [2.75, 3.05) is 24.2 Å². The number of hydrogen-bond acceptors (Lipinski definition) is 2. The van der Waals surface area contributed by atoms with Gasteiger partial charge in [-0.05, 0) is 49.9 Å². The molecule has 5 heteroatoms. The molecule has 2 aromatic rings. The molecule has 1 unspecified atom stereocenters. The van der Waals surface area contributed by atoms with Gasteiger partial charge in [0.1, 0.15) is 0 Å². The third kappa shape index (κ3) is 5.67. The standard InChI is InChI=1S/C23H31N3O2/c1-15(2)20-9-7-8-17(4)22(20)25-23(28)18(5)26(6)14-21(27)24-19-12-10-16(3)11-13-19/h7-13,15,18H,14H2,1-6H3,(H,24,27)(H,25,28)/p+1/t18-/m0/s1. The Morgan fingerprint density at radius 1 is 0.964 bits per heavy atom. The number of para-hydroxylation sites is 1. The average Bonchev–Trinajstić information content (AvgIpc) is 2.64. The Balaban J connectivity index is 1.99. The molecule has 0 spiro atoms. The molecule has 0 heterocycles. The predicted octanol–water partition coefficient (Wildman–Crippen LogP) is 2.91. The van der Waals surface area contributed by atoms with Crippen LogP contribution in [0.5, 0.6) is 0 Å². The molecular weight excluding hydrogens is 350 g/mol. The smallest absolute Gasteiger partial charge is 0.282 e. The molecule has 0 aliphatic rings. The summed E-state index contributed by atoms with van der Waals surface area (Å²) in [6.07, 6.45) is 0. The maximum atomic E-state index is 12.8. The fraction of sp³-hybridized carbons (Fsp3) is 0.391. The Kier molecular flexibility index (Phi) is 7.35. The van der Waals surface area contributed by atoms with Gasteiger partial charge in [0.15, 0.2) is 12.6 Å². The van der Waals surface area contributed by atoms with Crippen LogP contribution in [-0.2, 0) is 9.59 Å². The van der Waals surface area contributed by atoms with Crippen molar-refractivity contribution in [2.24, 2.45) is 0 Å². The Hall–Kier alpha value is -2.66. The van der Waals surface area contributed by atoms with Crippen LogP contribution in [0.25, 0.3) is 0 Å². The lowest BCUT2D eigenvalue weighted by molar-refractivity contribution is -0.885. The largest absolute Gasteiger partial charge is 0.321 e. The number of nitrogens with one attached hydrogen (secondary N) is 3. The van der Waals surface area contributed by atoms with Gasteiger partial charge in [-0.2, -0.15) is 0 Å². The van der Waals surface area contributed by atoms with Crippen molar-refractivity contribution in [3.63, 3.8) is 0 Å². The summed E-state index contributed by atoms with van der Waals surface area (Å²) in [6, 6.07) is 13.4. The van der Waals surface area contributed by atoms with Gasteiger partial charge in [-0.25, -0.2) is 0 Å². The molecule has 0 saturated carbocycles. The van der Waals surface area contributed by atoms with Gasteiger partial charge in [-0.15, -0.1) is 0 Å². The quantitative estimate of drug-likeness (QED) is 0.689. The molecule has 2 atom stereocenters. The van der Waals surface area contributed by atoms with Crippen LogP contribution in [0.3, 0.4) is 0 Å². The highest BCUT2D eigenvalue weighted by atomic mass is 16.2. The summed E-state index contributed by atoms with van der Waals surface area (Å²) in [5.41, 5.74) is 4.95. The Bertz CT molecular complexity index is 828. The van der Waals surface area contributed by atoms with Crippen molar-refractivity contribution in [1.82, 2.24) is 0 Å². The molecule has 150 valence electrons. The molecule has 0 aromatic heterocycles. The monoisotopic (exact) mass is 382 g/mol. The van der Waals surface area contributed by atoms with E-state index in [4.69, 9.17) is 0 Å². The predicted molar refractivity (Wildman–Crippen MR) is 115 cm³/mol. The highest BCUT2D eigenvalue weighted by molar-refractivity contribution is 5.95. The first kappa shape index (κ1) is 21.6. The van der Waals surface area contributed by atoms with Crippen LogP contribution in [0.15, 0.2) is 42.5 Å². The molecule has 0 bridgehead atoms. The molecule has 5 nitrogen and oxygen atoms in total. The van der Waals surface area contributed by atoms with E-state index < -0.39 is 0 Å². The summed E-state index contributed by atoms with van der Waals surface area (Å²) in [5, 5.41) is 5.96. The summed E-state index contributed by atoms with van der Waals surface area (Å²) >= 11 is 0. The number of quaternary nitrogens is 1. The highest BCUT2D eigenvalue weighted by Crippen LogP contribution is 2.27. The molecule has 0 fully saturated rings. The minimum absolute atomic E-state index is 0.0863. The average molecular weight is 383 g/mol. The maximum absolute atomic E-state index is 12.8. The zero-order valence-corrected chi connectivity index (χ0v) is 17.7. The van der Waals surface area contributed by atoms with Gasteiger partial charge in [0.05, 0.1) is 7.05 Å². The minimum atomic E-state index is -0.358. The Labute approximate surface area is 168 Å². The van der Waals surface area contributed by atoms with E-state index in [0.29, 0.717) is 5.92 Å². The number of carbonyl (C=O) groups is 2. The molecule has 28 heavy (non-hydrogen) atoms.